The van der Waals surface area contributed by atoms with Crippen molar-refractivity contribution in [2.45, 2.75) is 57.3 Å². The molecule has 41 heavy (non-hydrogen) atoms. The number of aliphatic hydroxyl groups excluding tert-OH is 2. The molecule has 1 saturated heterocycles. The summed E-state index contributed by atoms with van der Waals surface area (Å²) in [6.45, 7) is 8.93. The summed E-state index contributed by atoms with van der Waals surface area (Å²) in [6, 6.07) is 14.9. The first-order valence-electron chi connectivity index (χ1n) is 14.9. The molecule has 0 spiro atoms. The molecule has 230 valence electrons. The van der Waals surface area contributed by atoms with E-state index in [1.165, 1.54) is 11.1 Å². The Balaban J connectivity index is 0.000000696. The van der Waals surface area contributed by atoms with Crippen molar-refractivity contribution >= 4 is 5.69 Å². The van der Waals surface area contributed by atoms with Crippen molar-refractivity contribution in [3.63, 3.8) is 0 Å². The molecule has 2 aromatic carbocycles. The number of ether oxygens (including phenoxy) is 5. The molecule has 9 heteroatoms. The highest BCUT2D eigenvalue weighted by Crippen LogP contribution is 2.34. The molecule has 3 N–H and O–H groups in total. The zero-order valence-corrected chi connectivity index (χ0v) is 25.1. The van der Waals surface area contributed by atoms with Crippen LogP contribution in [0.2, 0.25) is 0 Å². The van der Waals surface area contributed by atoms with E-state index < -0.39 is 0 Å². The van der Waals surface area contributed by atoms with E-state index in [-0.39, 0.29) is 18.8 Å². The Hall–Kier alpha value is -2.40. The van der Waals surface area contributed by atoms with E-state index in [9.17, 15) is 0 Å². The quantitative estimate of drug-likeness (QED) is 0.275. The zero-order valence-electron chi connectivity index (χ0n) is 25.1. The lowest BCUT2D eigenvalue weighted by Gasteiger charge is -2.33. The van der Waals surface area contributed by atoms with E-state index in [1.807, 2.05) is 0 Å². The SMILES string of the molecule is CC(O)CCO.COCCCOc1ccc(C2CCNC[C@@H]2OCc2ccc3c(c2)N(CCCOC)CCO3)cc1. The van der Waals surface area contributed by atoms with Crippen LogP contribution in [0, 0.1) is 0 Å². The Morgan fingerprint density at radius 2 is 1.83 bits per heavy atom. The Morgan fingerprint density at radius 3 is 2.54 bits per heavy atom. The molecule has 0 amide bonds. The predicted molar refractivity (Wildman–Crippen MR) is 161 cm³/mol. The van der Waals surface area contributed by atoms with Gasteiger partial charge in [0.15, 0.2) is 0 Å². The number of nitrogens with one attached hydrogen (secondary N) is 1. The lowest BCUT2D eigenvalue weighted by Crippen LogP contribution is -2.41. The van der Waals surface area contributed by atoms with Gasteiger partial charge in [-0.25, -0.2) is 0 Å². The molecule has 2 aliphatic rings. The van der Waals surface area contributed by atoms with Crippen LogP contribution >= 0.6 is 0 Å². The lowest BCUT2D eigenvalue weighted by molar-refractivity contribution is 0.0106. The van der Waals surface area contributed by atoms with Crippen LogP contribution in [-0.4, -0.2) is 95.9 Å². The summed E-state index contributed by atoms with van der Waals surface area (Å²) in [5.74, 6) is 2.23. The molecule has 0 aromatic heterocycles. The minimum absolute atomic E-state index is 0.0810. The van der Waals surface area contributed by atoms with Crippen LogP contribution in [0.5, 0.6) is 11.5 Å². The van der Waals surface area contributed by atoms with Gasteiger partial charge >= 0.3 is 0 Å². The highest BCUT2D eigenvalue weighted by molar-refractivity contribution is 5.61. The number of piperidine rings is 1. The van der Waals surface area contributed by atoms with Crippen LogP contribution in [0.15, 0.2) is 42.5 Å². The lowest BCUT2D eigenvalue weighted by atomic mass is 9.87. The second-order valence-electron chi connectivity index (χ2n) is 10.6. The maximum atomic E-state index is 8.39. The Morgan fingerprint density at radius 1 is 1.05 bits per heavy atom. The van der Waals surface area contributed by atoms with E-state index in [0.717, 1.165) is 82.4 Å². The number of nitrogens with zero attached hydrogens (tertiary/aromatic N) is 1. The molecule has 2 unspecified atom stereocenters. The van der Waals surface area contributed by atoms with Crippen molar-refractivity contribution in [1.82, 2.24) is 5.32 Å². The van der Waals surface area contributed by atoms with Gasteiger partial charge < -0.3 is 44.1 Å². The Kier molecular flexibility index (Phi) is 15.3. The van der Waals surface area contributed by atoms with E-state index >= 15 is 0 Å². The standard InChI is InChI=1S/C28H40N2O5.C4H10O2/c1-31-15-3-13-30-14-18-34-27-10-5-22(19-26(27)30)21-35-28-20-29-12-11-25(28)23-6-8-24(9-7-23)33-17-4-16-32-2;1-4(6)2-3-5/h5-10,19,25,28-29H,3-4,11-18,20-21H2,1-2H3;4-6H,2-3H2,1H3/t25?,28-;/m0./s1. The highest BCUT2D eigenvalue weighted by atomic mass is 16.5. The van der Waals surface area contributed by atoms with Crippen molar-refractivity contribution in [3.8, 4) is 11.5 Å². The first-order chi connectivity index (χ1) is 20.0. The summed E-state index contributed by atoms with van der Waals surface area (Å²) in [7, 11) is 3.47. The Labute approximate surface area is 245 Å². The zero-order chi connectivity index (χ0) is 29.3. The topological polar surface area (TPSA) is 102 Å². The van der Waals surface area contributed by atoms with Crippen LogP contribution in [-0.2, 0) is 20.8 Å². The number of rotatable bonds is 15. The minimum Gasteiger partial charge on any atom is -0.494 e. The van der Waals surface area contributed by atoms with Gasteiger partial charge in [0.1, 0.15) is 18.1 Å². The van der Waals surface area contributed by atoms with Gasteiger partial charge in [0.05, 0.1) is 37.7 Å². The summed E-state index contributed by atoms with van der Waals surface area (Å²) < 4.78 is 28.5. The van der Waals surface area contributed by atoms with Crippen LogP contribution in [0.3, 0.4) is 0 Å². The maximum Gasteiger partial charge on any atom is 0.142 e. The molecule has 2 aromatic rings. The van der Waals surface area contributed by atoms with E-state index in [1.54, 1.807) is 21.1 Å². The van der Waals surface area contributed by atoms with Crippen LogP contribution in [0.1, 0.15) is 49.7 Å². The van der Waals surface area contributed by atoms with Gasteiger partial charge in [0.2, 0.25) is 0 Å². The number of benzene rings is 2. The monoisotopic (exact) mass is 574 g/mol. The second-order valence-corrected chi connectivity index (χ2v) is 10.6. The van der Waals surface area contributed by atoms with Crippen molar-refractivity contribution in [3.05, 3.63) is 53.6 Å². The molecule has 1 fully saturated rings. The first kappa shape index (κ1) is 33.1. The molecule has 0 saturated carbocycles. The molecule has 0 aliphatic carbocycles. The highest BCUT2D eigenvalue weighted by Gasteiger charge is 2.27. The van der Waals surface area contributed by atoms with Crippen molar-refractivity contribution in [1.29, 1.82) is 0 Å². The molecule has 0 bridgehead atoms. The maximum absolute atomic E-state index is 8.39. The molecular weight excluding hydrogens is 524 g/mol. The fourth-order valence-electron chi connectivity index (χ4n) is 5.02. The molecule has 9 nitrogen and oxygen atoms in total. The number of fused-ring (bicyclic) bond motifs is 1. The van der Waals surface area contributed by atoms with Gasteiger partial charge in [0.25, 0.3) is 0 Å². The molecular formula is C32H50N2O7. The van der Waals surface area contributed by atoms with Gasteiger partial charge in [-0.1, -0.05) is 18.2 Å². The minimum atomic E-state index is -0.352. The van der Waals surface area contributed by atoms with Gasteiger partial charge in [0, 0.05) is 59.5 Å². The van der Waals surface area contributed by atoms with Gasteiger partial charge in [-0.15, -0.1) is 0 Å². The average Bonchev–Trinajstić information content (AvgIpc) is 2.99. The summed E-state index contributed by atoms with van der Waals surface area (Å²) in [5, 5.41) is 20.0. The number of hydrogen-bond donors (Lipinski definition) is 3. The fraction of sp³-hybridized carbons (Fsp3) is 0.625. The number of anilines is 1. The number of hydrogen-bond acceptors (Lipinski definition) is 9. The summed E-state index contributed by atoms with van der Waals surface area (Å²) in [4.78, 5) is 2.39. The van der Waals surface area contributed by atoms with Crippen LogP contribution < -0.4 is 19.7 Å². The molecule has 2 heterocycles. The van der Waals surface area contributed by atoms with E-state index in [2.05, 4.69) is 52.7 Å². The van der Waals surface area contributed by atoms with Crippen molar-refractivity contribution in [2.75, 3.05) is 78.3 Å². The average molecular weight is 575 g/mol. The van der Waals surface area contributed by atoms with Crippen LogP contribution in [0.4, 0.5) is 5.69 Å². The number of aliphatic hydroxyl groups is 2. The Bertz CT molecular complexity index is 973. The number of methoxy groups -OCH3 is 2. The van der Waals surface area contributed by atoms with E-state index in [4.69, 9.17) is 33.9 Å². The van der Waals surface area contributed by atoms with Gasteiger partial charge in [-0.05, 0) is 68.1 Å². The molecule has 2 aliphatic heterocycles. The summed E-state index contributed by atoms with van der Waals surface area (Å²) in [6.07, 6.45) is 3.22. The summed E-state index contributed by atoms with van der Waals surface area (Å²) in [5.41, 5.74) is 3.65. The fourth-order valence-corrected chi connectivity index (χ4v) is 5.02. The third-order valence-electron chi connectivity index (χ3n) is 7.27. The predicted octanol–water partition coefficient (Wildman–Crippen LogP) is 3.75. The van der Waals surface area contributed by atoms with Crippen LogP contribution in [0.25, 0.3) is 0 Å². The normalized spacial score (nSPS) is 19.0. The third-order valence-corrected chi connectivity index (χ3v) is 7.27. The van der Waals surface area contributed by atoms with Crippen molar-refractivity contribution < 1.29 is 33.9 Å². The smallest absolute Gasteiger partial charge is 0.142 e. The second kappa shape index (κ2) is 18.9. The van der Waals surface area contributed by atoms with E-state index in [0.29, 0.717) is 25.6 Å². The third kappa shape index (κ3) is 11.4. The molecule has 3 atom stereocenters. The summed E-state index contributed by atoms with van der Waals surface area (Å²) >= 11 is 0. The van der Waals surface area contributed by atoms with Gasteiger partial charge in [-0.3, -0.25) is 0 Å². The van der Waals surface area contributed by atoms with Crippen molar-refractivity contribution in [2.24, 2.45) is 0 Å². The molecule has 0 radical (unpaired) electrons. The largest absolute Gasteiger partial charge is 0.494 e. The van der Waals surface area contributed by atoms with Gasteiger partial charge in [-0.2, -0.15) is 0 Å². The first-order valence-corrected chi connectivity index (χ1v) is 14.9. The molecule has 4 rings (SSSR count).